The second-order valence-electron chi connectivity index (χ2n) is 4.14. The van der Waals surface area contributed by atoms with Crippen molar-refractivity contribution in [2.45, 2.75) is 13.0 Å². The molecule has 0 saturated heterocycles. The van der Waals surface area contributed by atoms with Crippen molar-refractivity contribution in [1.29, 1.82) is 0 Å². The highest BCUT2D eigenvalue weighted by Gasteiger charge is 2.04. The summed E-state index contributed by atoms with van der Waals surface area (Å²) in [4.78, 5) is 0. The topological polar surface area (TPSA) is 63.8 Å². The van der Waals surface area contributed by atoms with Gasteiger partial charge in [0.2, 0.25) is 0 Å². The number of halogens is 1. The van der Waals surface area contributed by atoms with Crippen LogP contribution in [-0.2, 0) is 0 Å². The number of nitrogens with one attached hydrogen (secondary N) is 1. The van der Waals surface area contributed by atoms with E-state index >= 15 is 0 Å². The first-order valence-electron chi connectivity index (χ1n) is 5.75. The van der Waals surface area contributed by atoms with Crippen LogP contribution in [-0.4, -0.2) is 22.8 Å². The Labute approximate surface area is 115 Å². The maximum Gasteiger partial charge on any atom is 0.148 e. The molecule has 4 nitrogen and oxygen atoms in total. The zero-order valence-electron chi connectivity index (χ0n) is 10.1. The van der Waals surface area contributed by atoms with Crippen LogP contribution in [0.2, 0.25) is 0 Å². The van der Waals surface area contributed by atoms with Gasteiger partial charge in [0, 0.05) is 22.6 Å². The number of benzene rings is 1. The summed E-state index contributed by atoms with van der Waals surface area (Å²) in [6, 6.07) is 11.9. The monoisotopic (exact) mass is 306 g/mol. The van der Waals surface area contributed by atoms with E-state index in [4.69, 9.17) is 5.73 Å². The van der Waals surface area contributed by atoms with Crippen LogP contribution < -0.4 is 11.1 Å². The van der Waals surface area contributed by atoms with Gasteiger partial charge in [0.1, 0.15) is 5.82 Å². The van der Waals surface area contributed by atoms with E-state index in [1.807, 2.05) is 43.3 Å². The number of hydrogen-bond acceptors (Lipinski definition) is 4. The summed E-state index contributed by atoms with van der Waals surface area (Å²) in [5.41, 5.74) is 7.54. The number of rotatable bonds is 4. The number of aromatic nitrogens is 2. The predicted octanol–water partition coefficient (Wildman–Crippen LogP) is 2.67. The summed E-state index contributed by atoms with van der Waals surface area (Å²) in [7, 11) is 0. The molecule has 1 aromatic heterocycles. The van der Waals surface area contributed by atoms with Gasteiger partial charge < -0.3 is 11.1 Å². The average molecular weight is 307 g/mol. The third kappa shape index (κ3) is 3.27. The van der Waals surface area contributed by atoms with Crippen molar-refractivity contribution in [3.63, 3.8) is 0 Å². The lowest BCUT2D eigenvalue weighted by molar-refractivity contribution is 0.775. The van der Waals surface area contributed by atoms with E-state index in [-0.39, 0.29) is 6.04 Å². The van der Waals surface area contributed by atoms with E-state index in [2.05, 4.69) is 31.4 Å². The standard InChI is InChI=1S/C13H15BrN4/c1-9(15)8-16-13-7-6-12(17-18-13)10-4-2-3-5-11(10)14/h2-7,9H,8,15H2,1H3,(H,16,18). The average Bonchev–Trinajstić information content (AvgIpc) is 2.38. The van der Waals surface area contributed by atoms with Crippen molar-refractivity contribution in [2.75, 3.05) is 11.9 Å². The van der Waals surface area contributed by atoms with Crippen LogP contribution in [0, 0.1) is 0 Å². The van der Waals surface area contributed by atoms with Gasteiger partial charge in [-0.3, -0.25) is 0 Å². The highest BCUT2D eigenvalue weighted by atomic mass is 79.9. The maximum absolute atomic E-state index is 5.66. The number of hydrogen-bond donors (Lipinski definition) is 2. The van der Waals surface area contributed by atoms with Gasteiger partial charge in [0.05, 0.1) is 5.69 Å². The molecule has 0 fully saturated rings. The van der Waals surface area contributed by atoms with Crippen LogP contribution in [0.1, 0.15) is 6.92 Å². The summed E-state index contributed by atoms with van der Waals surface area (Å²) < 4.78 is 1.01. The third-order valence-corrected chi connectivity index (χ3v) is 3.11. The van der Waals surface area contributed by atoms with E-state index < -0.39 is 0 Å². The fourth-order valence-corrected chi connectivity index (χ4v) is 1.99. The van der Waals surface area contributed by atoms with Crippen LogP contribution >= 0.6 is 15.9 Å². The predicted molar refractivity (Wildman–Crippen MR) is 77.3 cm³/mol. The van der Waals surface area contributed by atoms with Crippen molar-refractivity contribution in [1.82, 2.24) is 10.2 Å². The van der Waals surface area contributed by atoms with E-state index in [1.165, 1.54) is 0 Å². The fraction of sp³-hybridized carbons (Fsp3) is 0.231. The lowest BCUT2D eigenvalue weighted by Gasteiger charge is -2.08. The van der Waals surface area contributed by atoms with Gasteiger partial charge in [-0.15, -0.1) is 10.2 Å². The second kappa shape index (κ2) is 5.93. The normalized spacial score (nSPS) is 12.2. The zero-order valence-corrected chi connectivity index (χ0v) is 11.7. The summed E-state index contributed by atoms with van der Waals surface area (Å²) in [5, 5.41) is 11.5. The molecule has 5 heteroatoms. The fourth-order valence-electron chi connectivity index (χ4n) is 1.50. The first kappa shape index (κ1) is 13.0. The molecule has 0 radical (unpaired) electrons. The van der Waals surface area contributed by atoms with Crippen LogP contribution in [0.15, 0.2) is 40.9 Å². The molecule has 94 valence electrons. The molecule has 1 unspecified atom stereocenters. The lowest BCUT2D eigenvalue weighted by Crippen LogP contribution is -2.25. The molecule has 2 aromatic rings. The highest BCUT2D eigenvalue weighted by molar-refractivity contribution is 9.10. The number of anilines is 1. The molecular weight excluding hydrogens is 292 g/mol. The van der Waals surface area contributed by atoms with Crippen LogP contribution in [0.25, 0.3) is 11.3 Å². The van der Waals surface area contributed by atoms with Crippen molar-refractivity contribution < 1.29 is 0 Å². The minimum absolute atomic E-state index is 0.0924. The molecule has 3 N–H and O–H groups in total. The van der Waals surface area contributed by atoms with Gasteiger partial charge >= 0.3 is 0 Å². The van der Waals surface area contributed by atoms with E-state index in [0.29, 0.717) is 6.54 Å². The third-order valence-electron chi connectivity index (χ3n) is 2.42. The van der Waals surface area contributed by atoms with Crippen molar-refractivity contribution in [3.8, 4) is 11.3 Å². The Bertz CT molecular complexity index is 511. The van der Waals surface area contributed by atoms with Crippen molar-refractivity contribution >= 4 is 21.7 Å². The smallest absolute Gasteiger partial charge is 0.148 e. The Hall–Kier alpha value is -1.46. The molecule has 18 heavy (non-hydrogen) atoms. The molecule has 0 aliphatic rings. The summed E-state index contributed by atoms with van der Waals surface area (Å²) in [5.74, 6) is 0.739. The zero-order chi connectivity index (χ0) is 13.0. The Morgan fingerprint density at radius 3 is 2.61 bits per heavy atom. The van der Waals surface area contributed by atoms with Gasteiger partial charge in [-0.05, 0) is 25.1 Å². The number of nitrogens with two attached hydrogens (primary N) is 1. The van der Waals surface area contributed by atoms with Gasteiger partial charge in [-0.2, -0.15) is 0 Å². The van der Waals surface area contributed by atoms with Crippen LogP contribution in [0.5, 0.6) is 0 Å². The van der Waals surface area contributed by atoms with E-state index in [9.17, 15) is 0 Å². The first-order valence-corrected chi connectivity index (χ1v) is 6.54. The van der Waals surface area contributed by atoms with Crippen molar-refractivity contribution in [2.24, 2.45) is 5.73 Å². The van der Waals surface area contributed by atoms with Gasteiger partial charge in [-0.25, -0.2) is 0 Å². The minimum Gasteiger partial charge on any atom is -0.367 e. The van der Waals surface area contributed by atoms with Crippen LogP contribution in [0.4, 0.5) is 5.82 Å². The number of nitrogens with zero attached hydrogens (tertiary/aromatic N) is 2. The second-order valence-corrected chi connectivity index (χ2v) is 5.00. The minimum atomic E-state index is 0.0924. The molecule has 0 bridgehead atoms. The van der Waals surface area contributed by atoms with Crippen LogP contribution in [0.3, 0.4) is 0 Å². The largest absolute Gasteiger partial charge is 0.367 e. The molecule has 0 spiro atoms. The molecule has 0 amide bonds. The highest BCUT2D eigenvalue weighted by Crippen LogP contribution is 2.25. The SMILES string of the molecule is CC(N)CNc1ccc(-c2ccccc2Br)nn1. The Balaban J connectivity index is 2.15. The summed E-state index contributed by atoms with van der Waals surface area (Å²) in [6.45, 7) is 2.62. The lowest BCUT2D eigenvalue weighted by atomic mass is 10.1. The molecular formula is C13H15BrN4. The van der Waals surface area contributed by atoms with Gasteiger partial charge in [-0.1, -0.05) is 34.1 Å². The van der Waals surface area contributed by atoms with E-state index in [1.54, 1.807) is 0 Å². The van der Waals surface area contributed by atoms with Gasteiger partial charge in [0.25, 0.3) is 0 Å². The van der Waals surface area contributed by atoms with Gasteiger partial charge in [0.15, 0.2) is 0 Å². The quantitative estimate of drug-likeness (QED) is 0.911. The Kier molecular flexibility index (Phi) is 4.28. The molecule has 1 atom stereocenters. The maximum atomic E-state index is 5.66. The molecule has 2 rings (SSSR count). The molecule has 0 aliphatic heterocycles. The molecule has 0 aliphatic carbocycles. The summed E-state index contributed by atoms with van der Waals surface area (Å²) >= 11 is 3.50. The Morgan fingerprint density at radius 1 is 1.22 bits per heavy atom. The van der Waals surface area contributed by atoms with Crippen molar-refractivity contribution in [3.05, 3.63) is 40.9 Å². The molecule has 1 aromatic carbocycles. The summed E-state index contributed by atoms with van der Waals surface area (Å²) in [6.07, 6.45) is 0. The first-order chi connectivity index (χ1) is 8.66. The molecule has 1 heterocycles. The Morgan fingerprint density at radius 2 is 2.00 bits per heavy atom. The molecule has 0 saturated carbocycles. The van der Waals surface area contributed by atoms with E-state index in [0.717, 1.165) is 21.5 Å².